The van der Waals surface area contributed by atoms with Crippen molar-refractivity contribution in [3.63, 3.8) is 0 Å². The normalized spacial score (nSPS) is 50.1. The number of fused-ring (bicyclic) bond motifs is 5. The Hall–Kier alpha value is -0.160. The second-order valence-corrected chi connectivity index (χ2v) is 12.8. The topological polar surface area (TPSA) is 80.9 Å². The Morgan fingerprint density at radius 3 is 2.29 bits per heavy atom. The van der Waals surface area contributed by atoms with Gasteiger partial charge in [-0.1, -0.05) is 27.7 Å². The molecular weight excluding hydrogens is 388 g/mol. The van der Waals surface area contributed by atoms with Gasteiger partial charge in [0.2, 0.25) is 0 Å². The predicted octanol–water partition coefficient (Wildman–Crippen LogP) is 4.38. The minimum atomic E-state index is -0.407. The summed E-state index contributed by atoms with van der Waals surface area (Å²) in [5, 5.41) is 41.8. The summed E-state index contributed by atoms with van der Waals surface area (Å²) in [6.07, 6.45) is 9.62. The van der Waals surface area contributed by atoms with Crippen LogP contribution in [0.3, 0.4) is 0 Å². The van der Waals surface area contributed by atoms with Crippen LogP contribution >= 0.6 is 0 Å². The largest absolute Gasteiger partial charge is 0.396 e. The van der Waals surface area contributed by atoms with Crippen LogP contribution in [0.25, 0.3) is 0 Å². The average Bonchev–Trinajstić information content (AvgIpc) is 3.01. The van der Waals surface area contributed by atoms with Gasteiger partial charge >= 0.3 is 0 Å². The second kappa shape index (κ2) is 8.89. The molecule has 0 spiro atoms. The highest BCUT2D eigenvalue weighted by Crippen LogP contribution is 2.68. The van der Waals surface area contributed by atoms with Crippen molar-refractivity contribution in [2.24, 2.45) is 52.3 Å². The van der Waals surface area contributed by atoms with Gasteiger partial charge in [0.1, 0.15) is 0 Å². The van der Waals surface area contributed by atoms with Crippen molar-refractivity contribution >= 4 is 0 Å². The predicted molar refractivity (Wildman–Crippen MR) is 123 cm³/mol. The first kappa shape index (κ1) is 24.0. The van der Waals surface area contributed by atoms with E-state index >= 15 is 0 Å². The van der Waals surface area contributed by atoms with Gasteiger partial charge in [0.15, 0.2) is 0 Å². The summed E-state index contributed by atoms with van der Waals surface area (Å²) in [6.45, 7) is 9.30. The summed E-state index contributed by atoms with van der Waals surface area (Å²) < 4.78 is 0. The van der Waals surface area contributed by atoms with Crippen LogP contribution < -0.4 is 0 Å². The summed E-state index contributed by atoms with van der Waals surface area (Å²) in [6, 6.07) is 0. The molecule has 4 nitrogen and oxygen atoms in total. The van der Waals surface area contributed by atoms with Gasteiger partial charge in [-0.3, -0.25) is 0 Å². The standard InChI is InChI=1S/C27H48O4/c1-16(15-28)5-8-23(30)17(2)25-24(31)14-22-20-7-6-18-13-19(29)9-11-26(18,3)21(20)10-12-27(22,25)4/h16-25,28-31H,5-15H2,1-4H3/t16-,17+,18-,19-,20+,21-,22-,23-,24-,25-,26-,27-/m0/s1. The third-order valence-corrected chi connectivity index (χ3v) is 11.2. The first-order valence-corrected chi connectivity index (χ1v) is 13.3. The molecule has 4 aliphatic rings. The maximum atomic E-state index is 11.3. The van der Waals surface area contributed by atoms with Crippen LogP contribution in [0.1, 0.15) is 91.9 Å². The number of aliphatic hydroxyl groups excluding tert-OH is 4. The fourth-order valence-electron chi connectivity index (χ4n) is 9.29. The minimum absolute atomic E-state index is 0.0872. The van der Waals surface area contributed by atoms with Crippen LogP contribution in [-0.2, 0) is 0 Å². The van der Waals surface area contributed by atoms with E-state index in [4.69, 9.17) is 0 Å². The molecule has 4 heteroatoms. The van der Waals surface area contributed by atoms with Gasteiger partial charge in [-0.2, -0.15) is 0 Å². The zero-order chi connectivity index (χ0) is 22.6. The molecule has 180 valence electrons. The third kappa shape index (κ3) is 4.02. The second-order valence-electron chi connectivity index (χ2n) is 12.8. The number of rotatable bonds is 6. The lowest BCUT2D eigenvalue weighted by Crippen LogP contribution is -2.54. The SMILES string of the molecule is C[C@H](CO)CC[C@H](O)[C@@H](C)[C@H]1[C@@H](O)C[C@H]2[C@@H]3CC[C@H]4C[C@@H](O)CC[C@]4(C)[C@H]3CC[C@]12C. The highest BCUT2D eigenvalue weighted by Gasteiger charge is 2.63. The summed E-state index contributed by atoms with van der Waals surface area (Å²) in [4.78, 5) is 0. The monoisotopic (exact) mass is 436 g/mol. The van der Waals surface area contributed by atoms with Crippen LogP contribution in [-0.4, -0.2) is 45.3 Å². The molecule has 4 N–H and O–H groups in total. The van der Waals surface area contributed by atoms with Crippen LogP contribution in [0.4, 0.5) is 0 Å². The van der Waals surface area contributed by atoms with Gasteiger partial charge in [0, 0.05) is 6.61 Å². The molecule has 0 aromatic carbocycles. The summed E-state index contributed by atoms with van der Waals surface area (Å²) >= 11 is 0. The molecule has 12 atom stereocenters. The lowest BCUT2D eigenvalue weighted by Gasteiger charge is -2.61. The smallest absolute Gasteiger partial charge is 0.0580 e. The zero-order valence-electron chi connectivity index (χ0n) is 20.3. The van der Waals surface area contributed by atoms with E-state index in [1.54, 1.807) is 0 Å². The van der Waals surface area contributed by atoms with E-state index in [0.29, 0.717) is 29.6 Å². The molecule has 0 aliphatic heterocycles. The molecule has 0 saturated heterocycles. The van der Waals surface area contributed by atoms with E-state index in [-0.39, 0.29) is 42.0 Å². The molecule has 0 radical (unpaired) electrons. The summed E-state index contributed by atoms with van der Waals surface area (Å²) in [7, 11) is 0. The van der Waals surface area contributed by atoms with Crippen LogP contribution in [0.5, 0.6) is 0 Å². The lowest BCUT2D eigenvalue weighted by molar-refractivity contribution is -0.133. The quantitative estimate of drug-likeness (QED) is 0.498. The van der Waals surface area contributed by atoms with Crippen molar-refractivity contribution in [1.29, 1.82) is 0 Å². The molecule has 0 aromatic rings. The zero-order valence-corrected chi connectivity index (χ0v) is 20.3. The van der Waals surface area contributed by atoms with Gasteiger partial charge in [-0.25, -0.2) is 0 Å². The van der Waals surface area contributed by atoms with Crippen molar-refractivity contribution in [1.82, 2.24) is 0 Å². The Bertz CT molecular complexity index is 624. The fraction of sp³-hybridized carbons (Fsp3) is 1.00. The van der Waals surface area contributed by atoms with Gasteiger partial charge in [-0.05, 0) is 116 Å². The first-order valence-electron chi connectivity index (χ1n) is 13.3. The molecule has 4 rings (SSSR count). The number of hydrogen-bond donors (Lipinski definition) is 4. The summed E-state index contributed by atoms with van der Waals surface area (Å²) in [5.41, 5.74) is 0.471. The van der Waals surface area contributed by atoms with Crippen molar-refractivity contribution < 1.29 is 20.4 Å². The van der Waals surface area contributed by atoms with Gasteiger partial charge in [0.05, 0.1) is 18.3 Å². The Kier molecular flexibility index (Phi) is 6.88. The minimum Gasteiger partial charge on any atom is -0.396 e. The fourth-order valence-corrected chi connectivity index (χ4v) is 9.29. The maximum Gasteiger partial charge on any atom is 0.0580 e. The number of hydrogen-bond acceptors (Lipinski definition) is 4. The molecule has 0 heterocycles. The van der Waals surface area contributed by atoms with Crippen molar-refractivity contribution in [2.45, 2.75) is 110 Å². The van der Waals surface area contributed by atoms with Crippen molar-refractivity contribution in [3.8, 4) is 0 Å². The molecule has 4 aliphatic carbocycles. The van der Waals surface area contributed by atoms with Crippen molar-refractivity contribution in [3.05, 3.63) is 0 Å². The van der Waals surface area contributed by atoms with E-state index in [9.17, 15) is 20.4 Å². The third-order valence-electron chi connectivity index (χ3n) is 11.2. The number of aliphatic hydroxyl groups is 4. The molecule has 0 unspecified atom stereocenters. The Morgan fingerprint density at radius 2 is 1.58 bits per heavy atom. The van der Waals surface area contributed by atoms with Crippen LogP contribution in [0, 0.1) is 52.3 Å². The van der Waals surface area contributed by atoms with E-state index in [1.165, 1.54) is 19.3 Å². The van der Waals surface area contributed by atoms with E-state index in [2.05, 4.69) is 20.8 Å². The van der Waals surface area contributed by atoms with Crippen LogP contribution in [0.2, 0.25) is 0 Å². The average molecular weight is 437 g/mol. The molecule has 0 bridgehead atoms. The van der Waals surface area contributed by atoms with E-state index in [1.807, 2.05) is 6.92 Å². The molecule has 0 aromatic heterocycles. The van der Waals surface area contributed by atoms with Crippen molar-refractivity contribution in [2.75, 3.05) is 6.61 Å². The Morgan fingerprint density at radius 1 is 0.871 bits per heavy atom. The first-order chi connectivity index (χ1) is 14.6. The van der Waals surface area contributed by atoms with Gasteiger partial charge in [0.25, 0.3) is 0 Å². The molecule has 31 heavy (non-hydrogen) atoms. The maximum absolute atomic E-state index is 11.3. The Labute approximate surface area is 189 Å². The van der Waals surface area contributed by atoms with Crippen LogP contribution in [0.15, 0.2) is 0 Å². The molecule has 4 saturated carbocycles. The highest BCUT2D eigenvalue weighted by molar-refractivity contribution is 5.12. The molecule has 0 amide bonds. The molecular formula is C27H48O4. The van der Waals surface area contributed by atoms with E-state index < -0.39 is 6.10 Å². The summed E-state index contributed by atoms with van der Waals surface area (Å²) in [5.74, 6) is 3.11. The molecule has 4 fully saturated rings. The Balaban J connectivity index is 1.50. The highest BCUT2D eigenvalue weighted by atomic mass is 16.3. The van der Waals surface area contributed by atoms with Gasteiger partial charge in [-0.15, -0.1) is 0 Å². The lowest BCUT2D eigenvalue weighted by atomic mass is 9.44. The van der Waals surface area contributed by atoms with Gasteiger partial charge < -0.3 is 20.4 Å². The van der Waals surface area contributed by atoms with E-state index in [0.717, 1.165) is 44.4 Å².